The molecule has 5 nitrogen and oxygen atoms in total. The van der Waals surface area contributed by atoms with Crippen LogP contribution < -0.4 is 10.0 Å². The molecule has 2 aromatic rings. The Bertz CT molecular complexity index is 986. The summed E-state index contributed by atoms with van der Waals surface area (Å²) in [6.45, 7) is 14.1. The lowest BCUT2D eigenvalue weighted by atomic mass is 9.81. The molecule has 0 bridgehead atoms. The van der Waals surface area contributed by atoms with Crippen LogP contribution >= 0.6 is 0 Å². The predicted molar refractivity (Wildman–Crippen MR) is 119 cm³/mol. The van der Waals surface area contributed by atoms with Crippen LogP contribution in [0, 0.1) is 19.3 Å². The smallest absolute Gasteiger partial charge is 0.261 e. The number of aryl methyl sites for hydroxylation is 2. The van der Waals surface area contributed by atoms with Crippen LogP contribution in [0.25, 0.3) is 0 Å². The highest BCUT2D eigenvalue weighted by Crippen LogP contribution is 2.27. The van der Waals surface area contributed by atoms with Gasteiger partial charge in [-0.1, -0.05) is 38.5 Å². The predicted octanol–water partition coefficient (Wildman–Crippen LogP) is 5.05. The molecule has 0 aromatic heterocycles. The summed E-state index contributed by atoms with van der Waals surface area (Å²) >= 11 is 0. The van der Waals surface area contributed by atoms with Crippen molar-refractivity contribution in [3.05, 3.63) is 59.2 Å². The summed E-state index contributed by atoms with van der Waals surface area (Å²) in [4.78, 5) is 12.9. The van der Waals surface area contributed by atoms with Gasteiger partial charge in [0.15, 0.2) is 0 Å². The first-order chi connectivity index (χ1) is 13.2. The molecular formula is C23H32N2O3S. The lowest BCUT2D eigenvalue weighted by molar-refractivity contribution is 0.0891. The number of carbonyl (C=O) groups excluding carboxylic acids is 1. The van der Waals surface area contributed by atoms with Gasteiger partial charge < -0.3 is 5.32 Å². The Balaban J connectivity index is 2.17. The van der Waals surface area contributed by atoms with E-state index in [1.807, 2.05) is 20.8 Å². The Morgan fingerprint density at radius 3 is 2.03 bits per heavy atom. The normalized spacial score (nSPS) is 12.5. The number of hydrogen-bond donors (Lipinski definition) is 2. The van der Waals surface area contributed by atoms with Crippen LogP contribution in [-0.4, -0.2) is 19.9 Å². The van der Waals surface area contributed by atoms with Gasteiger partial charge in [-0.3, -0.25) is 9.52 Å². The second-order valence-corrected chi connectivity index (χ2v) is 11.2. The van der Waals surface area contributed by atoms with Crippen molar-refractivity contribution in [3.8, 4) is 0 Å². The molecule has 0 heterocycles. The molecule has 2 N–H and O–H groups in total. The second-order valence-electron chi connectivity index (χ2n) is 9.52. The van der Waals surface area contributed by atoms with Crippen molar-refractivity contribution in [2.75, 3.05) is 4.72 Å². The van der Waals surface area contributed by atoms with Crippen molar-refractivity contribution in [2.24, 2.45) is 5.41 Å². The van der Waals surface area contributed by atoms with E-state index < -0.39 is 10.0 Å². The molecule has 0 aliphatic rings. The van der Waals surface area contributed by atoms with Crippen LogP contribution in [0.3, 0.4) is 0 Å². The summed E-state index contributed by atoms with van der Waals surface area (Å²) in [5.41, 5.74) is 2.37. The molecule has 0 radical (unpaired) electrons. The van der Waals surface area contributed by atoms with Gasteiger partial charge in [0.1, 0.15) is 0 Å². The molecule has 2 rings (SSSR count). The Morgan fingerprint density at radius 2 is 1.52 bits per heavy atom. The van der Waals surface area contributed by atoms with Crippen LogP contribution in [0.5, 0.6) is 0 Å². The first-order valence-corrected chi connectivity index (χ1v) is 11.2. The summed E-state index contributed by atoms with van der Waals surface area (Å²) in [6.07, 6.45) is 0.832. The van der Waals surface area contributed by atoms with Gasteiger partial charge in [0.05, 0.1) is 10.6 Å². The lowest BCUT2D eigenvalue weighted by Gasteiger charge is -2.33. The first kappa shape index (κ1) is 22.9. The average Bonchev–Trinajstić information content (AvgIpc) is 2.54. The van der Waals surface area contributed by atoms with Crippen molar-refractivity contribution in [3.63, 3.8) is 0 Å². The van der Waals surface area contributed by atoms with E-state index in [2.05, 4.69) is 30.8 Å². The van der Waals surface area contributed by atoms with E-state index in [4.69, 9.17) is 0 Å². The van der Waals surface area contributed by atoms with E-state index in [1.54, 1.807) is 49.4 Å². The minimum atomic E-state index is -3.69. The minimum Gasteiger partial charge on any atom is -0.347 e. The number of amides is 1. The molecule has 0 saturated carbocycles. The molecule has 6 heteroatoms. The number of rotatable bonds is 6. The second kappa shape index (κ2) is 8.19. The Labute approximate surface area is 175 Å². The Kier molecular flexibility index (Phi) is 6.48. The van der Waals surface area contributed by atoms with Crippen molar-refractivity contribution >= 4 is 21.6 Å². The molecule has 0 saturated heterocycles. The molecular weight excluding hydrogens is 384 g/mol. The number of hydrogen-bond acceptors (Lipinski definition) is 3. The number of sulfonamides is 1. The monoisotopic (exact) mass is 416 g/mol. The number of nitrogens with one attached hydrogen (secondary N) is 2. The summed E-state index contributed by atoms with van der Waals surface area (Å²) in [5, 5.41) is 3.08. The lowest BCUT2D eigenvalue weighted by Crippen LogP contribution is -2.45. The summed E-state index contributed by atoms with van der Waals surface area (Å²) in [6, 6.07) is 11.6. The van der Waals surface area contributed by atoms with E-state index in [1.165, 1.54) is 0 Å². The van der Waals surface area contributed by atoms with E-state index >= 15 is 0 Å². The fraction of sp³-hybridized carbons (Fsp3) is 0.435. The van der Waals surface area contributed by atoms with Crippen LogP contribution in [-0.2, 0) is 10.0 Å². The summed E-state index contributed by atoms with van der Waals surface area (Å²) in [7, 11) is -3.69. The molecule has 1 amide bonds. The van der Waals surface area contributed by atoms with E-state index in [9.17, 15) is 13.2 Å². The van der Waals surface area contributed by atoms with E-state index in [-0.39, 0.29) is 21.8 Å². The third-order valence-corrected chi connectivity index (χ3v) is 5.87. The van der Waals surface area contributed by atoms with Crippen molar-refractivity contribution in [1.29, 1.82) is 0 Å². The van der Waals surface area contributed by atoms with Gasteiger partial charge >= 0.3 is 0 Å². The molecule has 0 aliphatic heterocycles. The SMILES string of the molecule is Cc1ccc(S(=O)(=O)Nc2ccc(C(=O)NC(C)(C)CC(C)(C)C)cc2C)cc1. The van der Waals surface area contributed by atoms with Crippen molar-refractivity contribution in [2.45, 2.75) is 65.3 Å². The van der Waals surface area contributed by atoms with Crippen molar-refractivity contribution < 1.29 is 13.2 Å². The first-order valence-electron chi connectivity index (χ1n) is 9.71. The molecule has 2 aromatic carbocycles. The van der Waals surface area contributed by atoms with Gasteiger partial charge in [-0.05, 0) is 75.4 Å². The van der Waals surface area contributed by atoms with Gasteiger partial charge in [0, 0.05) is 11.1 Å². The standard InChI is InChI=1S/C23H32N2O3S/c1-16-8-11-19(12-9-16)29(27,28)25-20-13-10-18(14-17(20)2)21(26)24-23(6,7)15-22(3,4)5/h8-14,25H,15H2,1-7H3,(H,24,26). The molecule has 29 heavy (non-hydrogen) atoms. The van der Waals surface area contributed by atoms with Crippen LogP contribution in [0.1, 0.15) is 62.5 Å². The maximum absolute atomic E-state index is 12.7. The molecule has 0 aliphatic carbocycles. The minimum absolute atomic E-state index is 0.0881. The zero-order chi connectivity index (χ0) is 22.0. The van der Waals surface area contributed by atoms with Crippen LogP contribution in [0.2, 0.25) is 0 Å². The third kappa shape index (κ3) is 6.60. The van der Waals surface area contributed by atoms with Crippen LogP contribution in [0.15, 0.2) is 47.4 Å². The molecule has 0 unspecified atom stereocenters. The summed E-state index contributed by atoms with van der Waals surface area (Å²) in [5.74, 6) is -0.171. The van der Waals surface area contributed by atoms with E-state index in [0.29, 0.717) is 16.8 Å². The zero-order valence-corrected chi connectivity index (χ0v) is 19.2. The summed E-state index contributed by atoms with van der Waals surface area (Å²) < 4.78 is 27.8. The van der Waals surface area contributed by atoms with Gasteiger partial charge in [-0.25, -0.2) is 8.42 Å². The van der Waals surface area contributed by atoms with Gasteiger partial charge in [-0.2, -0.15) is 0 Å². The maximum Gasteiger partial charge on any atom is 0.261 e. The fourth-order valence-corrected chi connectivity index (χ4v) is 4.72. The number of carbonyl (C=O) groups is 1. The molecule has 0 atom stereocenters. The average molecular weight is 417 g/mol. The van der Waals surface area contributed by atoms with Gasteiger partial charge in [-0.15, -0.1) is 0 Å². The van der Waals surface area contributed by atoms with E-state index in [0.717, 1.165) is 12.0 Å². The maximum atomic E-state index is 12.7. The topological polar surface area (TPSA) is 75.3 Å². The zero-order valence-electron chi connectivity index (χ0n) is 18.4. The largest absolute Gasteiger partial charge is 0.347 e. The highest BCUT2D eigenvalue weighted by atomic mass is 32.2. The Morgan fingerprint density at radius 1 is 0.931 bits per heavy atom. The highest BCUT2D eigenvalue weighted by molar-refractivity contribution is 7.92. The molecule has 158 valence electrons. The third-order valence-electron chi connectivity index (χ3n) is 4.49. The number of benzene rings is 2. The molecule has 0 fully saturated rings. The van der Waals surface area contributed by atoms with Gasteiger partial charge in [0.25, 0.3) is 15.9 Å². The highest BCUT2D eigenvalue weighted by Gasteiger charge is 2.27. The van der Waals surface area contributed by atoms with Crippen molar-refractivity contribution in [1.82, 2.24) is 5.32 Å². The fourth-order valence-electron chi connectivity index (χ4n) is 3.59. The van der Waals surface area contributed by atoms with Gasteiger partial charge in [0.2, 0.25) is 0 Å². The quantitative estimate of drug-likeness (QED) is 0.692. The van der Waals surface area contributed by atoms with Crippen LogP contribution in [0.4, 0.5) is 5.69 Å². The number of anilines is 1. The molecule has 0 spiro atoms. The Hall–Kier alpha value is -2.34.